The van der Waals surface area contributed by atoms with Crippen LogP contribution < -0.4 is 10.1 Å². The molecule has 1 N–H and O–H groups in total. The fourth-order valence-corrected chi connectivity index (χ4v) is 1.71. The van der Waals surface area contributed by atoms with Gasteiger partial charge in [0, 0.05) is 18.2 Å². The van der Waals surface area contributed by atoms with Gasteiger partial charge >= 0.3 is 0 Å². The second-order valence-corrected chi connectivity index (χ2v) is 4.79. The summed E-state index contributed by atoms with van der Waals surface area (Å²) in [6.07, 6.45) is 0. The summed E-state index contributed by atoms with van der Waals surface area (Å²) in [5, 5.41) is 2.51. The van der Waals surface area contributed by atoms with Gasteiger partial charge in [-0.15, -0.1) is 0 Å². The molecule has 4 nitrogen and oxygen atoms in total. The van der Waals surface area contributed by atoms with E-state index in [0.29, 0.717) is 6.07 Å². The predicted molar refractivity (Wildman–Crippen MR) is 69.3 cm³/mol. The molecule has 110 valence electrons. The van der Waals surface area contributed by atoms with E-state index >= 15 is 0 Å². The Morgan fingerprint density at radius 1 is 1.20 bits per heavy atom. The smallest absolute Gasteiger partial charge is 0.258 e. The molecule has 0 radical (unpaired) electrons. The zero-order valence-electron chi connectivity index (χ0n) is 11.6. The zero-order valence-corrected chi connectivity index (χ0v) is 11.6. The van der Waals surface area contributed by atoms with Crippen LogP contribution in [0.25, 0.3) is 0 Å². The second kappa shape index (κ2) is 6.98. The van der Waals surface area contributed by atoms with Gasteiger partial charge in [0.15, 0.2) is 12.4 Å². The van der Waals surface area contributed by atoms with E-state index < -0.39 is 30.2 Å². The third kappa shape index (κ3) is 4.95. The maximum atomic E-state index is 12.9. The number of rotatable bonds is 6. The zero-order chi connectivity index (χ0) is 15.3. The molecule has 6 heteroatoms. The Morgan fingerprint density at radius 2 is 1.75 bits per heavy atom. The summed E-state index contributed by atoms with van der Waals surface area (Å²) in [4.78, 5) is 23.0. The monoisotopic (exact) mass is 285 g/mol. The molecule has 0 aliphatic carbocycles. The summed E-state index contributed by atoms with van der Waals surface area (Å²) < 4.78 is 30.8. The van der Waals surface area contributed by atoms with Crippen molar-refractivity contribution in [2.45, 2.75) is 26.8 Å². The Hall–Kier alpha value is -1.98. The predicted octanol–water partition coefficient (Wildman–Crippen LogP) is 2.07. The van der Waals surface area contributed by atoms with Crippen molar-refractivity contribution in [2.24, 2.45) is 5.92 Å². The fraction of sp³-hybridized carbons (Fsp3) is 0.429. The van der Waals surface area contributed by atoms with Crippen LogP contribution in [0.15, 0.2) is 18.2 Å². The number of hydrogen-bond acceptors (Lipinski definition) is 3. The van der Waals surface area contributed by atoms with Crippen molar-refractivity contribution in [3.8, 4) is 5.75 Å². The van der Waals surface area contributed by atoms with Gasteiger partial charge in [0.05, 0.1) is 6.04 Å². The van der Waals surface area contributed by atoms with Crippen molar-refractivity contribution in [3.05, 3.63) is 29.8 Å². The van der Waals surface area contributed by atoms with Crippen molar-refractivity contribution >= 4 is 11.7 Å². The van der Waals surface area contributed by atoms with Gasteiger partial charge in [-0.2, -0.15) is 0 Å². The number of ether oxygens (including phenoxy) is 1. The van der Waals surface area contributed by atoms with E-state index in [9.17, 15) is 18.4 Å². The molecule has 1 aromatic rings. The van der Waals surface area contributed by atoms with Crippen LogP contribution in [0, 0.1) is 17.6 Å². The molecule has 0 aliphatic heterocycles. The number of benzene rings is 1. The summed E-state index contributed by atoms with van der Waals surface area (Å²) in [6, 6.07) is 2.05. The Labute approximate surface area is 116 Å². The maximum absolute atomic E-state index is 12.9. The molecule has 0 bridgehead atoms. The summed E-state index contributed by atoms with van der Waals surface area (Å²) in [7, 11) is 0. The standard InChI is InChI=1S/C14H17F2NO3/c1-8(2)14(9(3)18)17-13(19)7-20-12-5-10(15)4-11(16)6-12/h4-6,8,14H,7H2,1-3H3,(H,17,19). The van der Waals surface area contributed by atoms with Gasteiger partial charge in [-0.3, -0.25) is 9.59 Å². The molecular weight excluding hydrogens is 268 g/mol. The van der Waals surface area contributed by atoms with Gasteiger partial charge in [-0.05, 0) is 12.8 Å². The van der Waals surface area contributed by atoms with Crippen LogP contribution in [-0.4, -0.2) is 24.3 Å². The summed E-state index contributed by atoms with van der Waals surface area (Å²) in [5.41, 5.74) is 0. The minimum absolute atomic E-state index is 0.0527. The summed E-state index contributed by atoms with van der Waals surface area (Å²) >= 11 is 0. The molecule has 0 saturated carbocycles. The third-order valence-corrected chi connectivity index (χ3v) is 2.63. The molecule has 0 saturated heterocycles. The van der Waals surface area contributed by atoms with E-state index in [1.54, 1.807) is 13.8 Å². The molecule has 0 aliphatic rings. The van der Waals surface area contributed by atoms with Gasteiger partial charge < -0.3 is 10.1 Å². The third-order valence-electron chi connectivity index (χ3n) is 2.63. The molecule has 20 heavy (non-hydrogen) atoms. The van der Waals surface area contributed by atoms with Crippen LogP contribution in [-0.2, 0) is 9.59 Å². The lowest BCUT2D eigenvalue weighted by Crippen LogP contribution is -2.45. The van der Waals surface area contributed by atoms with E-state index in [0.717, 1.165) is 12.1 Å². The number of hydrogen-bond donors (Lipinski definition) is 1. The highest BCUT2D eigenvalue weighted by Crippen LogP contribution is 2.15. The first-order chi connectivity index (χ1) is 9.29. The summed E-state index contributed by atoms with van der Waals surface area (Å²) in [6.45, 7) is 4.57. The number of Topliss-reactive ketones (excluding diaryl/α,β-unsaturated/α-hetero) is 1. The average Bonchev–Trinajstić information content (AvgIpc) is 2.31. The van der Waals surface area contributed by atoms with E-state index in [4.69, 9.17) is 4.74 Å². The SMILES string of the molecule is CC(=O)C(NC(=O)COc1cc(F)cc(F)c1)C(C)C. The van der Waals surface area contributed by atoms with Crippen LogP contribution in [0.3, 0.4) is 0 Å². The molecular formula is C14H17F2NO3. The molecule has 0 heterocycles. The van der Waals surface area contributed by atoms with Crippen LogP contribution in [0.2, 0.25) is 0 Å². The highest BCUT2D eigenvalue weighted by Gasteiger charge is 2.20. The van der Waals surface area contributed by atoms with Crippen LogP contribution >= 0.6 is 0 Å². The van der Waals surface area contributed by atoms with Gasteiger partial charge in [-0.25, -0.2) is 8.78 Å². The highest BCUT2D eigenvalue weighted by molar-refractivity contribution is 5.88. The second-order valence-electron chi connectivity index (χ2n) is 4.79. The van der Waals surface area contributed by atoms with Gasteiger partial charge in [-0.1, -0.05) is 13.8 Å². The first-order valence-electron chi connectivity index (χ1n) is 6.18. The van der Waals surface area contributed by atoms with E-state index in [-0.39, 0.29) is 17.5 Å². The maximum Gasteiger partial charge on any atom is 0.258 e. The lowest BCUT2D eigenvalue weighted by molar-refractivity contribution is -0.129. The highest BCUT2D eigenvalue weighted by atomic mass is 19.1. The number of carbonyl (C=O) groups is 2. The minimum atomic E-state index is -0.788. The van der Waals surface area contributed by atoms with Crippen LogP contribution in [0.5, 0.6) is 5.75 Å². The number of nitrogens with one attached hydrogen (secondary N) is 1. The average molecular weight is 285 g/mol. The number of amides is 1. The normalized spacial score (nSPS) is 12.1. The molecule has 0 spiro atoms. The topological polar surface area (TPSA) is 55.4 Å². The largest absolute Gasteiger partial charge is 0.484 e. The van der Waals surface area contributed by atoms with Crippen LogP contribution in [0.1, 0.15) is 20.8 Å². The van der Waals surface area contributed by atoms with Gasteiger partial charge in [0.2, 0.25) is 0 Å². The Bertz CT molecular complexity index is 483. The molecule has 1 unspecified atom stereocenters. The van der Waals surface area contributed by atoms with E-state index in [1.807, 2.05) is 0 Å². The number of halogens is 2. The molecule has 1 atom stereocenters. The molecule has 1 aromatic carbocycles. The van der Waals surface area contributed by atoms with Crippen molar-refractivity contribution in [1.29, 1.82) is 0 Å². The van der Waals surface area contributed by atoms with E-state index in [1.165, 1.54) is 6.92 Å². The molecule has 1 rings (SSSR count). The minimum Gasteiger partial charge on any atom is -0.484 e. The lowest BCUT2D eigenvalue weighted by atomic mass is 10.0. The quantitative estimate of drug-likeness (QED) is 0.870. The van der Waals surface area contributed by atoms with Gasteiger partial charge in [0.25, 0.3) is 5.91 Å². The van der Waals surface area contributed by atoms with Crippen molar-refractivity contribution in [3.63, 3.8) is 0 Å². The first kappa shape index (κ1) is 16.1. The number of carbonyl (C=O) groups excluding carboxylic acids is 2. The van der Waals surface area contributed by atoms with Crippen molar-refractivity contribution < 1.29 is 23.1 Å². The van der Waals surface area contributed by atoms with Crippen molar-refractivity contribution in [2.75, 3.05) is 6.61 Å². The van der Waals surface area contributed by atoms with E-state index in [2.05, 4.69) is 5.32 Å². The summed E-state index contributed by atoms with van der Waals surface area (Å²) in [5.74, 6) is -2.40. The Balaban J connectivity index is 2.56. The van der Waals surface area contributed by atoms with Gasteiger partial charge in [0.1, 0.15) is 17.4 Å². The number of ketones is 1. The first-order valence-corrected chi connectivity index (χ1v) is 6.18. The molecule has 1 amide bonds. The Kier molecular flexibility index (Phi) is 5.61. The Morgan fingerprint density at radius 3 is 2.20 bits per heavy atom. The molecule has 0 fully saturated rings. The molecule has 0 aromatic heterocycles. The van der Waals surface area contributed by atoms with Crippen molar-refractivity contribution in [1.82, 2.24) is 5.32 Å². The lowest BCUT2D eigenvalue weighted by Gasteiger charge is -2.19. The fourth-order valence-electron chi connectivity index (χ4n) is 1.71. The van der Waals surface area contributed by atoms with Crippen LogP contribution in [0.4, 0.5) is 8.78 Å².